The van der Waals surface area contributed by atoms with Gasteiger partial charge in [0.1, 0.15) is 23.0 Å². The van der Waals surface area contributed by atoms with Gasteiger partial charge < -0.3 is 13.9 Å². The Kier molecular flexibility index (Phi) is 6.00. The van der Waals surface area contributed by atoms with Crippen LogP contribution in [0.15, 0.2) is 57.9 Å². The Morgan fingerprint density at radius 1 is 1.00 bits per heavy atom. The van der Waals surface area contributed by atoms with Crippen molar-refractivity contribution in [3.05, 3.63) is 69.2 Å². The predicted molar refractivity (Wildman–Crippen MR) is 122 cm³/mol. The Balaban J connectivity index is 1.65. The van der Waals surface area contributed by atoms with E-state index in [0.29, 0.717) is 44.3 Å². The summed E-state index contributed by atoms with van der Waals surface area (Å²) in [6, 6.07) is 13.4. The lowest BCUT2D eigenvalue weighted by Gasteiger charge is -2.16. The van der Waals surface area contributed by atoms with Crippen molar-refractivity contribution in [3.8, 4) is 22.8 Å². The van der Waals surface area contributed by atoms with E-state index in [4.69, 9.17) is 37.1 Å². The molecule has 0 saturated carbocycles. The number of benzene rings is 2. The van der Waals surface area contributed by atoms with E-state index in [2.05, 4.69) is 0 Å². The molecule has 9 heteroatoms. The molecule has 1 fully saturated rings. The van der Waals surface area contributed by atoms with E-state index in [1.54, 1.807) is 48.5 Å². The van der Waals surface area contributed by atoms with Gasteiger partial charge in [-0.05, 0) is 48.2 Å². The number of methoxy groups -OCH3 is 2. The fourth-order valence-corrected chi connectivity index (χ4v) is 4.47. The standard InChI is InChI=1S/C22H15Cl2NO5S/c1-28-12-6-8-16(18(10-12)29-2)25-21(26)19(31-22(25)27)11-13-7-9-17(30-13)20-14(23)4-3-5-15(20)24/h3-11H,1-2H3/b19-11+. The number of ether oxygens (including phenoxy) is 2. The molecule has 0 N–H and O–H groups in total. The molecule has 2 amide bonds. The zero-order chi connectivity index (χ0) is 22.1. The monoisotopic (exact) mass is 475 g/mol. The van der Waals surface area contributed by atoms with Gasteiger partial charge in [-0.25, -0.2) is 4.90 Å². The summed E-state index contributed by atoms with van der Waals surface area (Å²) in [5, 5.41) is 0.446. The molecule has 158 valence electrons. The summed E-state index contributed by atoms with van der Waals surface area (Å²) < 4.78 is 16.3. The third kappa shape index (κ3) is 4.04. The van der Waals surface area contributed by atoms with Gasteiger partial charge >= 0.3 is 0 Å². The second-order valence-corrected chi connectivity index (χ2v) is 8.16. The van der Waals surface area contributed by atoms with Crippen molar-refractivity contribution < 1.29 is 23.5 Å². The first kappa shape index (κ1) is 21.4. The number of rotatable bonds is 5. The molecule has 3 aromatic rings. The van der Waals surface area contributed by atoms with Crippen LogP contribution in [-0.2, 0) is 4.79 Å². The zero-order valence-corrected chi connectivity index (χ0v) is 18.7. The molecule has 6 nitrogen and oxygen atoms in total. The summed E-state index contributed by atoms with van der Waals surface area (Å²) in [5.74, 6) is 1.25. The van der Waals surface area contributed by atoms with Crippen LogP contribution in [0.5, 0.6) is 11.5 Å². The fraction of sp³-hybridized carbons (Fsp3) is 0.0909. The highest BCUT2D eigenvalue weighted by Gasteiger charge is 2.38. The van der Waals surface area contributed by atoms with Gasteiger partial charge in [-0.2, -0.15) is 0 Å². The van der Waals surface area contributed by atoms with Crippen molar-refractivity contribution in [1.29, 1.82) is 0 Å². The van der Waals surface area contributed by atoms with Crippen molar-refractivity contribution in [3.63, 3.8) is 0 Å². The van der Waals surface area contributed by atoms with Gasteiger partial charge in [0, 0.05) is 12.1 Å². The van der Waals surface area contributed by atoms with Crippen LogP contribution in [0.1, 0.15) is 5.76 Å². The number of carbonyl (C=O) groups is 2. The summed E-state index contributed by atoms with van der Waals surface area (Å²) in [6.07, 6.45) is 1.51. The van der Waals surface area contributed by atoms with Gasteiger partial charge in [0.2, 0.25) is 0 Å². The first-order valence-corrected chi connectivity index (χ1v) is 10.5. The van der Waals surface area contributed by atoms with Crippen molar-refractivity contribution in [2.24, 2.45) is 0 Å². The van der Waals surface area contributed by atoms with Gasteiger partial charge in [0.05, 0.1) is 40.4 Å². The third-order valence-corrected chi connectivity index (χ3v) is 6.03. The van der Waals surface area contributed by atoms with Crippen LogP contribution in [0.25, 0.3) is 17.4 Å². The highest BCUT2D eigenvalue weighted by molar-refractivity contribution is 8.19. The minimum atomic E-state index is -0.479. The molecule has 2 heterocycles. The summed E-state index contributed by atoms with van der Waals surface area (Å²) >= 11 is 13.3. The lowest BCUT2D eigenvalue weighted by atomic mass is 10.2. The normalized spacial score (nSPS) is 15.1. The Morgan fingerprint density at radius 2 is 1.74 bits per heavy atom. The maximum absolute atomic E-state index is 13.0. The molecular formula is C22H15Cl2NO5S. The van der Waals surface area contributed by atoms with E-state index in [1.807, 2.05) is 0 Å². The van der Waals surface area contributed by atoms with Crippen molar-refractivity contribution in [2.45, 2.75) is 0 Å². The van der Waals surface area contributed by atoms with Gasteiger partial charge in [-0.1, -0.05) is 29.3 Å². The number of hydrogen-bond donors (Lipinski definition) is 0. The first-order valence-electron chi connectivity index (χ1n) is 8.97. The average molecular weight is 476 g/mol. The molecular weight excluding hydrogens is 461 g/mol. The number of imide groups is 1. The molecule has 1 aliphatic heterocycles. The maximum Gasteiger partial charge on any atom is 0.298 e. The largest absolute Gasteiger partial charge is 0.497 e. The van der Waals surface area contributed by atoms with Crippen molar-refractivity contribution in [2.75, 3.05) is 19.1 Å². The van der Waals surface area contributed by atoms with Crippen LogP contribution < -0.4 is 14.4 Å². The summed E-state index contributed by atoms with van der Waals surface area (Å²) in [5.41, 5.74) is 0.888. The van der Waals surface area contributed by atoms with E-state index in [9.17, 15) is 9.59 Å². The van der Waals surface area contributed by atoms with E-state index in [-0.39, 0.29) is 4.91 Å². The second-order valence-electron chi connectivity index (χ2n) is 6.35. The number of amides is 2. The summed E-state index contributed by atoms with van der Waals surface area (Å²) in [6.45, 7) is 0. The third-order valence-electron chi connectivity index (χ3n) is 4.53. The van der Waals surface area contributed by atoms with Gasteiger partial charge in [-0.3, -0.25) is 9.59 Å². The summed E-state index contributed by atoms with van der Waals surface area (Å²) in [4.78, 5) is 26.8. The van der Waals surface area contributed by atoms with E-state index >= 15 is 0 Å². The number of anilines is 1. The van der Waals surface area contributed by atoms with Gasteiger partial charge in [-0.15, -0.1) is 0 Å². The molecule has 1 aromatic heterocycles. The molecule has 2 aromatic carbocycles. The molecule has 0 aliphatic carbocycles. The SMILES string of the molecule is COc1ccc(N2C(=O)S/C(=C/c3ccc(-c4c(Cl)cccc4Cl)o3)C2=O)c(OC)c1. The number of nitrogens with zero attached hydrogens (tertiary/aromatic N) is 1. The van der Waals surface area contributed by atoms with Crippen molar-refractivity contribution >= 4 is 57.9 Å². The molecule has 0 bridgehead atoms. The maximum atomic E-state index is 13.0. The Bertz CT molecular complexity index is 1200. The highest BCUT2D eigenvalue weighted by Crippen LogP contribution is 2.42. The molecule has 1 aliphatic rings. The minimum absolute atomic E-state index is 0.217. The van der Waals surface area contributed by atoms with Crippen molar-refractivity contribution in [1.82, 2.24) is 0 Å². The molecule has 31 heavy (non-hydrogen) atoms. The lowest BCUT2D eigenvalue weighted by Crippen LogP contribution is -2.28. The smallest absolute Gasteiger partial charge is 0.298 e. The molecule has 0 unspecified atom stereocenters. The lowest BCUT2D eigenvalue weighted by molar-refractivity contribution is -0.113. The molecule has 0 radical (unpaired) electrons. The number of halogens is 2. The molecule has 0 atom stereocenters. The van der Waals surface area contributed by atoms with E-state index in [1.165, 1.54) is 20.3 Å². The zero-order valence-electron chi connectivity index (χ0n) is 16.3. The highest BCUT2D eigenvalue weighted by atomic mass is 35.5. The van der Waals surface area contributed by atoms with Crippen LogP contribution in [0.3, 0.4) is 0 Å². The van der Waals surface area contributed by atoms with Crippen LogP contribution in [0.2, 0.25) is 10.0 Å². The quantitative estimate of drug-likeness (QED) is 0.391. The Labute approximate surface area is 192 Å². The van der Waals surface area contributed by atoms with Gasteiger partial charge in [0.15, 0.2) is 0 Å². The van der Waals surface area contributed by atoms with E-state index < -0.39 is 11.1 Å². The number of thioether (sulfide) groups is 1. The fourth-order valence-electron chi connectivity index (χ4n) is 3.07. The predicted octanol–water partition coefficient (Wildman–Crippen LogP) is 6.51. The number of carbonyl (C=O) groups excluding carboxylic acids is 2. The Hall–Kier alpha value is -2.87. The average Bonchev–Trinajstić information content (AvgIpc) is 3.31. The molecule has 4 rings (SSSR count). The first-order chi connectivity index (χ1) is 14.9. The minimum Gasteiger partial charge on any atom is -0.497 e. The second kappa shape index (κ2) is 8.70. The molecule has 0 spiro atoms. The number of hydrogen-bond acceptors (Lipinski definition) is 6. The van der Waals surface area contributed by atoms with Crippen LogP contribution in [0.4, 0.5) is 10.5 Å². The van der Waals surface area contributed by atoms with Crippen LogP contribution >= 0.6 is 35.0 Å². The van der Waals surface area contributed by atoms with E-state index in [0.717, 1.165) is 16.7 Å². The number of furan rings is 1. The Morgan fingerprint density at radius 3 is 2.42 bits per heavy atom. The van der Waals surface area contributed by atoms with Gasteiger partial charge in [0.25, 0.3) is 11.1 Å². The van der Waals surface area contributed by atoms with Crippen LogP contribution in [0, 0.1) is 0 Å². The topological polar surface area (TPSA) is 69.0 Å². The summed E-state index contributed by atoms with van der Waals surface area (Å²) in [7, 11) is 2.97. The van der Waals surface area contributed by atoms with Crippen LogP contribution in [-0.4, -0.2) is 25.4 Å². The molecule has 1 saturated heterocycles.